The van der Waals surface area contributed by atoms with Gasteiger partial charge in [-0.25, -0.2) is 0 Å². The molecule has 2 fully saturated rings. The third kappa shape index (κ3) is 2.46. The topological polar surface area (TPSA) is 68.4 Å². The summed E-state index contributed by atoms with van der Waals surface area (Å²) >= 11 is 0. The van der Waals surface area contributed by atoms with Gasteiger partial charge in [-0.1, -0.05) is 0 Å². The Bertz CT molecular complexity index is 854. The summed E-state index contributed by atoms with van der Waals surface area (Å²) in [6.45, 7) is 2.63. The van der Waals surface area contributed by atoms with Crippen molar-refractivity contribution >= 4 is 11.5 Å². The van der Waals surface area contributed by atoms with Gasteiger partial charge in [0.1, 0.15) is 11.6 Å². The van der Waals surface area contributed by atoms with Crippen LogP contribution in [0.1, 0.15) is 24.6 Å². The van der Waals surface area contributed by atoms with E-state index in [1.165, 1.54) is 12.8 Å². The number of rotatable bonds is 5. The molecule has 1 aliphatic heterocycles. The van der Waals surface area contributed by atoms with Crippen molar-refractivity contribution in [3.05, 3.63) is 42.5 Å². The molecule has 1 aliphatic carbocycles. The van der Waals surface area contributed by atoms with E-state index in [0.29, 0.717) is 18.4 Å². The van der Waals surface area contributed by atoms with Gasteiger partial charge in [0.15, 0.2) is 11.5 Å². The molecule has 5 rings (SSSR count). The zero-order valence-corrected chi connectivity index (χ0v) is 13.2. The fourth-order valence-electron chi connectivity index (χ4n) is 3.07. The quantitative estimate of drug-likeness (QED) is 0.715. The van der Waals surface area contributed by atoms with Gasteiger partial charge in [0.25, 0.3) is 0 Å². The van der Waals surface area contributed by atoms with E-state index in [1.54, 1.807) is 12.4 Å². The molecule has 3 aromatic heterocycles. The first kappa shape index (κ1) is 13.7. The van der Waals surface area contributed by atoms with Crippen LogP contribution < -0.4 is 9.64 Å². The van der Waals surface area contributed by atoms with Crippen molar-refractivity contribution in [3.63, 3.8) is 0 Å². The smallest absolute Gasteiger partial charge is 0.178 e. The second-order valence-corrected chi connectivity index (χ2v) is 6.56. The molecule has 7 heteroatoms. The van der Waals surface area contributed by atoms with Gasteiger partial charge < -0.3 is 9.64 Å². The Balaban J connectivity index is 1.24. The van der Waals surface area contributed by atoms with Crippen molar-refractivity contribution in [3.8, 4) is 5.75 Å². The maximum absolute atomic E-state index is 5.78. The summed E-state index contributed by atoms with van der Waals surface area (Å²) in [5.74, 6) is 3.88. The van der Waals surface area contributed by atoms with Gasteiger partial charge >= 0.3 is 0 Å². The van der Waals surface area contributed by atoms with Gasteiger partial charge in [0, 0.05) is 31.1 Å². The van der Waals surface area contributed by atoms with Gasteiger partial charge in [0.2, 0.25) is 0 Å². The molecule has 2 aliphatic rings. The predicted molar refractivity (Wildman–Crippen MR) is 88.2 cm³/mol. The van der Waals surface area contributed by atoms with Gasteiger partial charge in [-0.3, -0.25) is 4.98 Å². The summed E-state index contributed by atoms with van der Waals surface area (Å²) < 4.78 is 7.69. The van der Waals surface area contributed by atoms with E-state index in [-0.39, 0.29) is 0 Å². The Kier molecular flexibility index (Phi) is 3.11. The molecule has 0 aromatic carbocycles. The Labute approximate surface area is 139 Å². The van der Waals surface area contributed by atoms with Gasteiger partial charge in [-0.15, -0.1) is 15.3 Å². The van der Waals surface area contributed by atoms with E-state index in [0.717, 1.165) is 36.1 Å². The molecule has 0 bridgehead atoms. The molecule has 1 saturated heterocycles. The molecule has 0 unspecified atom stereocenters. The van der Waals surface area contributed by atoms with Crippen LogP contribution in [0, 0.1) is 5.92 Å². The molecule has 0 spiro atoms. The minimum atomic E-state index is 0.520. The number of pyridine rings is 1. The largest absolute Gasteiger partial charge is 0.492 e. The molecule has 7 nitrogen and oxygen atoms in total. The number of anilines is 1. The first-order valence-electron chi connectivity index (χ1n) is 8.37. The molecular formula is C17H18N6O. The molecular weight excluding hydrogens is 304 g/mol. The lowest BCUT2D eigenvalue weighted by Crippen LogP contribution is -2.49. The lowest BCUT2D eigenvalue weighted by Gasteiger charge is -2.39. The van der Waals surface area contributed by atoms with Crippen LogP contribution in [0.2, 0.25) is 0 Å². The second-order valence-electron chi connectivity index (χ2n) is 6.56. The molecule has 0 atom stereocenters. The molecule has 1 saturated carbocycles. The lowest BCUT2D eigenvalue weighted by molar-refractivity contribution is 0.219. The minimum Gasteiger partial charge on any atom is -0.492 e. The van der Waals surface area contributed by atoms with Crippen LogP contribution in [-0.2, 0) is 0 Å². The summed E-state index contributed by atoms with van der Waals surface area (Å²) in [6.07, 6.45) is 5.90. The van der Waals surface area contributed by atoms with Crippen LogP contribution in [0.4, 0.5) is 5.82 Å². The van der Waals surface area contributed by atoms with E-state index < -0.39 is 0 Å². The first-order valence-corrected chi connectivity index (χ1v) is 8.37. The highest BCUT2D eigenvalue weighted by molar-refractivity contribution is 5.47. The number of hydrogen-bond donors (Lipinski definition) is 0. The number of aromatic nitrogens is 5. The van der Waals surface area contributed by atoms with Crippen LogP contribution in [0.3, 0.4) is 0 Å². The number of hydrogen-bond acceptors (Lipinski definition) is 6. The number of ether oxygens (including phenoxy) is 1. The van der Waals surface area contributed by atoms with Gasteiger partial charge in [0.05, 0.1) is 12.8 Å². The Morgan fingerprint density at radius 1 is 1.12 bits per heavy atom. The van der Waals surface area contributed by atoms with Crippen LogP contribution in [-0.4, -0.2) is 44.5 Å². The highest BCUT2D eigenvalue weighted by Crippen LogP contribution is 2.38. The summed E-state index contributed by atoms with van der Waals surface area (Å²) in [6, 6.07) is 7.85. The highest BCUT2D eigenvalue weighted by atomic mass is 16.5. The third-order valence-corrected chi connectivity index (χ3v) is 4.62. The molecule has 24 heavy (non-hydrogen) atoms. The van der Waals surface area contributed by atoms with Crippen molar-refractivity contribution < 1.29 is 4.74 Å². The maximum atomic E-state index is 5.78. The number of nitrogens with zero attached hydrogens (tertiary/aromatic N) is 6. The molecule has 0 radical (unpaired) electrons. The van der Waals surface area contributed by atoms with Crippen LogP contribution in [0.5, 0.6) is 5.75 Å². The normalized spacial score (nSPS) is 17.9. The zero-order chi connectivity index (χ0) is 15.9. The van der Waals surface area contributed by atoms with E-state index in [9.17, 15) is 0 Å². The fourth-order valence-corrected chi connectivity index (χ4v) is 3.07. The SMILES string of the molecule is c1cncc(OCC2CN(c3ccc4nnc(C5CC5)n4n3)C2)c1. The molecule has 122 valence electrons. The van der Waals surface area contributed by atoms with Crippen LogP contribution in [0.15, 0.2) is 36.7 Å². The van der Waals surface area contributed by atoms with Gasteiger partial charge in [-0.2, -0.15) is 4.52 Å². The predicted octanol–water partition coefficient (Wildman–Crippen LogP) is 1.91. The second kappa shape index (κ2) is 5.43. The highest BCUT2D eigenvalue weighted by Gasteiger charge is 2.31. The fraction of sp³-hybridized carbons (Fsp3) is 0.412. The standard InChI is InChI=1S/C17H18N6O/c1-2-14(8-18-7-1)24-11-12-9-22(10-12)16-6-5-15-19-20-17(13-3-4-13)23(15)21-16/h1-2,5-8,12-13H,3-4,9-11H2. The molecule has 0 N–H and O–H groups in total. The number of fused-ring (bicyclic) bond motifs is 1. The Morgan fingerprint density at radius 3 is 2.83 bits per heavy atom. The molecule has 3 aromatic rings. The van der Waals surface area contributed by atoms with E-state index in [1.807, 2.05) is 28.8 Å². The average molecular weight is 322 g/mol. The van der Waals surface area contributed by atoms with E-state index in [4.69, 9.17) is 9.84 Å². The average Bonchev–Trinajstić information content (AvgIpc) is 3.34. The third-order valence-electron chi connectivity index (χ3n) is 4.62. The summed E-state index contributed by atoms with van der Waals surface area (Å²) in [7, 11) is 0. The molecule has 4 heterocycles. The summed E-state index contributed by atoms with van der Waals surface area (Å²) in [5.41, 5.74) is 0.831. The van der Waals surface area contributed by atoms with Crippen molar-refractivity contribution in [2.24, 2.45) is 5.92 Å². The van der Waals surface area contributed by atoms with Crippen molar-refractivity contribution in [2.75, 3.05) is 24.6 Å². The van der Waals surface area contributed by atoms with Crippen LogP contribution >= 0.6 is 0 Å². The minimum absolute atomic E-state index is 0.520. The zero-order valence-electron chi connectivity index (χ0n) is 13.2. The lowest BCUT2D eigenvalue weighted by atomic mass is 10.0. The Hall–Kier alpha value is -2.70. The van der Waals surface area contributed by atoms with Gasteiger partial charge in [-0.05, 0) is 37.1 Å². The van der Waals surface area contributed by atoms with E-state index in [2.05, 4.69) is 20.1 Å². The maximum Gasteiger partial charge on any atom is 0.178 e. The summed E-state index contributed by atoms with van der Waals surface area (Å²) in [4.78, 5) is 6.33. The van der Waals surface area contributed by atoms with Crippen LogP contribution in [0.25, 0.3) is 5.65 Å². The Morgan fingerprint density at radius 2 is 2.04 bits per heavy atom. The van der Waals surface area contributed by atoms with Crippen molar-refractivity contribution in [1.29, 1.82) is 0 Å². The first-order chi connectivity index (χ1) is 11.9. The van der Waals surface area contributed by atoms with Crippen molar-refractivity contribution in [1.82, 2.24) is 24.8 Å². The van der Waals surface area contributed by atoms with Crippen molar-refractivity contribution in [2.45, 2.75) is 18.8 Å². The van der Waals surface area contributed by atoms with E-state index >= 15 is 0 Å². The monoisotopic (exact) mass is 322 g/mol. The molecule has 0 amide bonds. The summed E-state index contributed by atoms with van der Waals surface area (Å²) in [5, 5.41) is 13.2.